The van der Waals surface area contributed by atoms with Crippen molar-refractivity contribution >= 4 is 40.6 Å². The Morgan fingerprint density at radius 1 is 1.11 bits per heavy atom. The molecule has 2 aliphatic heterocycles. The molecule has 3 atom stereocenters. The highest BCUT2D eigenvalue weighted by molar-refractivity contribution is 8.00. The maximum Gasteiger partial charge on any atom is 0.446 e. The summed E-state index contributed by atoms with van der Waals surface area (Å²) in [6.45, 7) is 0.382. The van der Waals surface area contributed by atoms with E-state index >= 15 is 0 Å². The minimum Gasteiger partial charge on any atom is -0.495 e. The van der Waals surface area contributed by atoms with Crippen LogP contribution >= 0.6 is 11.8 Å². The first kappa shape index (κ1) is 31.3. The minimum absolute atomic E-state index is 0.000249. The van der Waals surface area contributed by atoms with Gasteiger partial charge in [0.1, 0.15) is 17.3 Å². The number of thioether (sulfide) groups is 1. The van der Waals surface area contributed by atoms with E-state index < -0.39 is 5.51 Å². The number of ether oxygens (including phenoxy) is 1. The molecule has 3 aromatic rings. The van der Waals surface area contributed by atoms with Crippen LogP contribution in [0.3, 0.4) is 0 Å². The summed E-state index contributed by atoms with van der Waals surface area (Å²) in [6.07, 6.45) is 3.75. The molecule has 44 heavy (non-hydrogen) atoms. The number of anilines is 2. The smallest absolute Gasteiger partial charge is 0.446 e. The van der Waals surface area contributed by atoms with Crippen LogP contribution < -0.4 is 26.0 Å². The summed E-state index contributed by atoms with van der Waals surface area (Å²) in [5, 5.41) is 16.4. The number of carbonyl (C=O) groups is 2. The predicted octanol–water partition coefficient (Wildman–Crippen LogP) is 3.93. The van der Waals surface area contributed by atoms with Gasteiger partial charge in [-0.25, -0.2) is 4.52 Å². The Labute approximate surface area is 257 Å². The first-order chi connectivity index (χ1) is 21.1. The normalized spacial score (nSPS) is 19.6. The summed E-state index contributed by atoms with van der Waals surface area (Å²) in [7, 11) is 4.64. The lowest BCUT2D eigenvalue weighted by atomic mass is 9.97. The van der Waals surface area contributed by atoms with Crippen LogP contribution in [0, 0.1) is 11.8 Å². The molecule has 2 amide bonds. The highest BCUT2D eigenvalue weighted by atomic mass is 32.2. The van der Waals surface area contributed by atoms with Crippen molar-refractivity contribution in [2.75, 3.05) is 44.9 Å². The standard InChI is InChI=1S/C30H34F3N7O3S/c1-34-27(41)17-39-19-10-12-20(23(39)13-11-19)37-26-8-4-7-24-28(44-30(31,32)33)21(38-40(24)26)6-5-15-36-22-16-18(29(42)35-2)9-14-25(22)43-3/h4,7-9,14,16,19-20,23,36-37H,10-13,15,17H2,1-3H3,(H,34,41)(H,35,42)/t19-,20-,23-/m1/s1. The van der Waals surface area contributed by atoms with E-state index in [2.05, 4.69) is 43.1 Å². The highest BCUT2D eigenvalue weighted by Crippen LogP contribution is 2.42. The van der Waals surface area contributed by atoms with E-state index in [9.17, 15) is 22.8 Å². The number of carbonyl (C=O) groups excluding carboxylic acids is 2. The van der Waals surface area contributed by atoms with E-state index in [0.29, 0.717) is 35.4 Å². The number of nitrogens with zero attached hydrogens (tertiary/aromatic N) is 3. The number of likely N-dealkylation sites (N-methyl/N-ethyl adjacent to an activating group) is 1. The molecule has 1 aromatic carbocycles. The van der Waals surface area contributed by atoms with Gasteiger partial charge >= 0.3 is 5.51 Å². The van der Waals surface area contributed by atoms with E-state index in [1.54, 1.807) is 43.4 Å². The molecule has 2 saturated heterocycles. The van der Waals surface area contributed by atoms with E-state index in [1.807, 2.05) is 0 Å². The second-order valence-corrected chi connectivity index (χ2v) is 11.6. The third-order valence-corrected chi connectivity index (χ3v) is 8.84. The molecule has 14 heteroatoms. The largest absolute Gasteiger partial charge is 0.495 e. The number of amides is 2. The Bertz CT molecular complexity index is 1600. The van der Waals surface area contributed by atoms with E-state index in [1.165, 1.54) is 18.7 Å². The molecular weight excluding hydrogens is 595 g/mol. The number of aromatic nitrogens is 2. The second kappa shape index (κ2) is 13.3. The molecule has 0 unspecified atom stereocenters. The van der Waals surface area contributed by atoms with E-state index in [0.717, 1.165) is 25.7 Å². The summed E-state index contributed by atoms with van der Waals surface area (Å²) < 4.78 is 47.8. The molecular formula is C30H34F3N7O3S. The third kappa shape index (κ3) is 6.84. The van der Waals surface area contributed by atoms with Crippen LogP contribution in [0.5, 0.6) is 5.75 Å². The lowest BCUT2D eigenvalue weighted by Crippen LogP contribution is -2.53. The molecule has 10 nitrogen and oxygen atoms in total. The van der Waals surface area contributed by atoms with Crippen molar-refractivity contribution in [3.8, 4) is 17.6 Å². The van der Waals surface area contributed by atoms with Crippen molar-refractivity contribution in [1.82, 2.24) is 25.1 Å². The van der Waals surface area contributed by atoms with Crippen molar-refractivity contribution in [2.24, 2.45) is 0 Å². The molecule has 0 radical (unpaired) electrons. The number of hydrogen-bond acceptors (Lipinski definition) is 8. The fourth-order valence-electron chi connectivity index (χ4n) is 5.98. The van der Waals surface area contributed by atoms with Crippen molar-refractivity contribution in [2.45, 2.75) is 54.2 Å². The summed E-state index contributed by atoms with van der Waals surface area (Å²) in [4.78, 5) is 26.3. The molecule has 4 heterocycles. The van der Waals surface area contributed by atoms with E-state index in [-0.39, 0.29) is 58.3 Å². The molecule has 0 aliphatic carbocycles. The van der Waals surface area contributed by atoms with Gasteiger partial charge in [-0.1, -0.05) is 12.0 Å². The SMILES string of the molecule is CNC(=O)CN1[C@H]2CC[C@@H]1[C@H](Nc1cccc3c(SC(F)(F)F)c(C#CCNc4cc(C(=O)NC)ccc4OC)nn13)CC2. The molecule has 2 fully saturated rings. The number of fused-ring (bicyclic) bond motifs is 3. The summed E-state index contributed by atoms with van der Waals surface area (Å²) in [6, 6.07) is 10.4. The number of benzene rings is 1. The number of piperidine rings is 1. The lowest BCUT2D eigenvalue weighted by molar-refractivity contribution is -0.122. The minimum atomic E-state index is -4.54. The van der Waals surface area contributed by atoms with Gasteiger partial charge < -0.3 is 26.0 Å². The Morgan fingerprint density at radius 2 is 1.91 bits per heavy atom. The van der Waals surface area contributed by atoms with Crippen LogP contribution in [0.1, 0.15) is 41.7 Å². The number of pyridine rings is 1. The molecule has 0 saturated carbocycles. The Kier molecular flexibility index (Phi) is 9.45. The number of alkyl halides is 3. The van der Waals surface area contributed by atoms with Crippen LogP contribution in [0.2, 0.25) is 0 Å². The second-order valence-electron chi connectivity index (χ2n) is 10.6. The van der Waals surface area contributed by atoms with Crippen LogP contribution in [0.4, 0.5) is 24.7 Å². The highest BCUT2D eigenvalue weighted by Gasteiger charge is 2.43. The van der Waals surface area contributed by atoms with Crippen LogP contribution in [-0.4, -0.2) is 84.3 Å². The maximum atomic E-state index is 13.7. The number of rotatable bonds is 9. The predicted molar refractivity (Wildman–Crippen MR) is 163 cm³/mol. The third-order valence-electron chi connectivity index (χ3n) is 8.00. The summed E-state index contributed by atoms with van der Waals surface area (Å²) in [5.41, 5.74) is -3.33. The average molecular weight is 630 g/mol. The van der Waals surface area contributed by atoms with Gasteiger partial charge in [0.2, 0.25) is 5.91 Å². The van der Waals surface area contributed by atoms with Crippen molar-refractivity contribution in [3.05, 3.63) is 47.7 Å². The van der Waals surface area contributed by atoms with Gasteiger partial charge in [-0.2, -0.15) is 18.3 Å². The molecule has 5 rings (SSSR count). The monoisotopic (exact) mass is 629 g/mol. The van der Waals surface area contributed by atoms with E-state index in [4.69, 9.17) is 4.74 Å². The van der Waals surface area contributed by atoms with Gasteiger partial charge in [0.05, 0.1) is 36.3 Å². The van der Waals surface area contributed by atoms with Crippen molar-refractivity contribution in [1.29, 1.82) is 0 Å². The number of hydrogen-bond donors (Lipinski definition) is 4. The molecule has 2 aliphatic rings. The van der Waals surface area contributed by atoms with Gasteiger partial charge in [0, 0.05) is 37.8 Å². The van der Waals surface area contributed by atoms with Crippen LogP contribution in [0.15, 0.2) is 41.3 Å². The van der Waals surface area contributed by atoms with Crippen LogP contribution in [-0.2, 0) is 4.79 Å². The first-order valence-corrected chi connectivity index (χ1v) is 15.1. The van der Waals surface area contributed by atoms with Gasteiger partial charge in [-0.3, -0.25) is 14.5 Å². The number of halogens is 3. The quantitative estimate of drug-likeness (QED) is 0.208. The van der Waals surface area contributed by atoms with Gasteiger partial charge in [0.25, 0.3) is 5.91 Å². The summed E-state index contributed by atoms with van der Waals surface area (Å²) >= 11 is -0.243. The zero-order valence-corrected chi connectivity index (χ0v) is 25.4. The molecule has 2 aromatic heterocycles. The maximum absolute atomic E-state index is 13.7. The zero-order valence-electron chi connectivity index (χ0n) is 24.5. The van der Waals surface area contributed by atoms with Gasteiger partial charge in [-0.15, -0.1) is 0 Å². The van der Waals surface area contributed by atoms with Gasteiger partial charge in [-0.05, 0) is 73.7 Å². The fourth-order valence-corrected chi connectivity index (χ4v) is 6.66. The lowest BCUT2D eigenvalue weighted by Gasteiger charge is -2.40. The summed E-state index contributed by atoms with van der Waals surface area (Å²) in [5.74, 6) is 6.41. The van der Waals surface area contributed by atoms with Crippen LogP contribution in [0.25, 0.3) is 5.52 Å². The first-order valence-electron chi connectivity index (χ1n) is 14.2. The fraction of sp³-hybridized carbons (Fsp3) is 0.433. The number of methoxy groups -OCH3 is 1. The van der Waals surface area contributed by atoms with Crippen molar-refractivity contribution < 1.29 is 27.5 Å². The van der Waals surface area contributed by atoms with Gasteiger partial charge in [0.15, 0.2) is 0 Å². The average Bonchev–Trinajstić information content (AvgIpc) is 3.48. The Morgan fingerprint density at radius 3 is 2.64 bits per heavy atom. The molecule has 4 N–H and O–H groups in total. The Balaban J connectivity index is 1.40. The molecule has 0 spiro atoms. The topological polar surface area (TPSA) is 112 Å². The zero-order chi connectivity index (χ0) is 31.4. The number of nitrogens with one attached hydrogen (secondary N) is 4. The Hall–Kier alpha value is -4.09. The molecule has 2 bridgehead atoms. The molecule has 234 valence electrons. The van der Waals surface area contributed by atoms with Crippen molar-refractivity contribution in [3.63, 3.8) is 0 Å².